The van der Waals surface area contributed by atoms with Crippen molar-refractivity contribution in [1.29, 1.82) is 0 Å². The number of hydrogen-bond donors (Lipinski definition) is 1. The highest BCUT2D eigenvalue weighted by atomic mass is 19.3. The van der Waals surface area contributed by atoms with E-state index in [1.165, 1.54) is 4.90 Å². The molecule has 1 rings (SSSR count). The van der Waals surface area contributed by atoms with E-state index < -0.39 is 6.05 Å². The number of piperazine rings is 1. The molecule has 1 N–H and O–H groups in total. The molecule has 0 aromatic carbocycles. The summed E-state index contributed by atoms with van der Waals surface area (Å²) in [5, 5.41) is 2.69. The standard InChI is InChI=1S/C8H16F2N2/c1-7(2)5-12-4-3-11-6-8(12,9)10/h7,11H,3-6H2,1-2H3. The van der Waals surface area contributed by atoms with Crippen LogP contribution in [0.25, 0.3) is 0 Å². The van der Waals surface area contributed by atoms with Crippen molar-refractivity contribution in [3.05, 3.63) is 0 Å². The zero-order chi connectivity index (χ0) is 9.19. The maximum Gasteiger partial charge on any atom is 0.317 e. The summed E-state index contributed by atoms with van der Waals surface area (Å²) in [6.45, 7) is 5.30. The van der Waals surface area contributed by atoms with Gasteiger partial charge in [-0.3, -0.25) is 0 Å². The van der Waals surface area contributed by atoms with Crippen molar-refractivity contribution in [3.63, 3.8) is 0 Å². The number of rotatable bonds is 2. The monoisotopic (exact) mass is 178 g/mol. The summed E-state index contributed by atoms with van der Waals surface area (Å²) in [6.07, 6.45) is 0. The molecule has 2 nitrogen and oxygen atoms in total. The average molecular weight is 178 g/mol. The molecule has 0 amide bonds. The molecule has 1 aliphatic heterocycles. The SMILES string of the molecule is CC(C)CN1CCNCC1(F)F. The minimum Gasteiger partial charge on any atom is -0.309 e. The molecule has 1 aliphatic rings. The first-order valence-electron chi connectivity index (χ1n) is 4.36. The lowest BCUT2D eigenvalue weighted by atomic mass is 10.2. The molecule has 0 aromatic rings. The third kappa shape index (κ3) is 2.38. The lowest BCUT2D eigenvalue weighted by molar-refractivity contribution is -0.159. The Kier molecular flexibility index (Phi) is 3.01. The van der Waals surface area contributed by atoms with Crippen LogP contribution >= 0.6 is 0 Å². The number of alkyl halides is 2. The van der Waals surface area contributed by atoms with E-state index in [0.29, 0.717) is 25.6 Å². The first-order chi connectivity index (χ1) is 5.52. The molecular weight excluding hydrogens is 162 g/mol. The van der Waals surface area contributed by atoms with Gasteiger partial charge < -0.3 is 5.32 Å². The number of halogens is 2. The molecule has 0 atom stereocenters. The molecular formula is C8H16F2N2. The quantitative estimate of drug-likeness (QED) is 0.638. The normalized spacial score (nSPS) is 24.8. The molecule has 0 bridgehead atoms. The number of hydrogen-bond acceptors (Lipinski definition) is 2. The van der Waals surface area contributed by atoms with Crippen molar-refractivity contribution < 1.29 is 8.78 Å². The van der Waals surface area contributed by atoms with Gasteiger partial charge in [-0.15, -0.1) is 0 Å². The van der Waals surface area contributed by atoms with Crippen LogP contribution in [0.3, 0.4) is 0 Å². The third-order valence-electron chi connectivity index (χ3n) is 1.94. The predicted octanol–water partition coefficient (Wildman–Crippen LogP) is 1.14. The Hall–Kier alpha value is -0.220. The van der Waals surface area contributed by atoms with Crippen LogP contribution < -0.4 is 5.32 Å². The Morgan fingerprint density at radius 3 is 2.67 bits per heavy atom. The van der Waals surface area contributed by atoms with Gasteiger partial charge in [-0.1, -0.05) is 13.8 Å². The van der Waals surface area contributed by atoms with Crippen molar-refractivity contribution in [2.75, 3.05) is 26.2 Å². The smallest absolute Gasteiger partial charge is 0.309 e. The van der Waals surface area contributed by atoms with Gasteiger partial charge in [0.25, 0.3) is 0 Å². The van der Waals surface area contributed by atoms with E-state index in [1.54, 1.807) is 0 Å². The van der Waals surface area contributed by atoms with E-state index in [4.69, 9.17) is 0 Å². The minimum atomic E-state index is -2.65. The van der Waals surface area contributed by atoms with Gasteiger partial charge in [0.15, 0.2) is 0 Å². The first kappa shape index (κ1) is 9.86. The van der Waals surface area contributed by atoms with Crippen molar-refractivity contribution in [1.82, 2.24) is 10.2 Å². The van der Waals surface area contributed by atoms with Crippen molar-refractivity contribution >= 4 is 0 Å². The molecule has 0 saturated carbocycles. The van der Waals surface area contributed by atoms with Crippen LogP contribution in [-0.2, 0) is 0 Å². The maximum absolute atomic E-state index is 13.1. The summed E-state index contributed by atoms with van der Waals surface area (Å²) < 4.78 is 26.2. The minimum absolute atomic E-state index is 0.209. The zero-order valence-corrected chi connectivity index (χ0v) is 7.61. The topological polar surface area (TPSA) is 15.3 Å². The van der Waals surface area contributed by atoms with Crippen LogP contribution in [0.2, 0.25) is 0 Å². The van der Waals surface area contributed by atoms with Crippen LogP contribution in [0.4, 0.5) is 8.78 Å². The second-order valence-electron chi connectivity index (χ2n) is 3.68. The molecule has 0 spiro atoms. The van der Waals surface area contributed by atoms with Crippen LogP contribution in [0.1, 0.15) is 13.8 Å². The predicted molar refractivity (Wildman–Crippen MR) is 44.2 cm³/mol. The Morgan fingerprint density at radius 1 is 1.50 bits per heavy atom. The van der Waals surface area contributed by atoms with Gasteiger partial charge in [0.1, 0.15) is 0 Å². The summed E-state index contributed by atoms with van der Waals surface area (Å²) in [5.41, 5.74) is 0. The molecule has 4 heteroatoms. The largest absolute Gasteiger partial charge is 0.317 e. The number of nitrogens with one attached hydrogen (secondary N) is 1. The fourth-order valence-corrected chi connectivity index (χ4v) is 1.39. The average Bonchev–Trinajstić information content (AvgIpc) is 1.92. The highest BCUT2D eigenvalue weighted by Crippen LogP contribution is 2.21. The lowest BCUT2D eigenvalue weighted by Crippen LogP contribution is -2.56. The summed E-state index contributed by atoms with van der Waals surface area (Å²) in [5.74, 6) is 0.300. The van der Waals surface area contributed by atoms with E-state index in [1.807, 2.05) is 13.8 Å². The third-order valence-corrected chi connectivity index (χ3v) is 1.94. The second-order valence-corrected chi connectivity index (χ2v) is 3.68. The first-order valence-corrected chi connectivity index (χ1v) is 4.36. The molecule has 0 radical (unpaired) electrons. The van der Waals surface area contributed by atoms with Gasteiger partial charge in [-0.25, -0.2) is 4.90 Å². The molecule has 1 fully saturated rings. The summed E-state index contributed by atoms with van der Waals surface area (Å²) >= 11 is 0. The summed E-state index contributed by atoms with van der Waals surface area (Å²) in [6, 6.07) is -2.65. The zero-order valence-electron chi connectivity index (χ0n) is 7.61. The van der Waals surface area contributed by atoms with E-state index in [2.05, 4.69) is 5.32 Å². The fourth-order valence-electron chi connectivity index (χ4n) is 1.39. The Bertz CT molecular complexity index is 148. The second kappa shape index (κ2) is 3.66. The summed E-state index contributed by atoms with van der Waals surface area (Å²) in [7, 11) is 0. The Morgan fingerprint density at radius 2 is 2.17 bits per heavy atom. The van der Waals surface area contributed by atoms with E-state index >= 15 is 0 Å². The van der Waals surface area contributed by atoms with Gasteiger partial charge in [0.2, 0.25) is 0 Å². The Labute approximate surface area is 71.9 Å². The molecule has 1 saturated heterocycles. The van der Waals surface area contributed by atoms with Crippen molar-refractivity contribution in [2.45, 2.75) is 19.9 Å². The lowest BCUT2D eigenvalue weighted by Gasteiger charge is -2.36. The molecule has 0 unspecified atom stereocenters. The van der Waals surface area contributed by atoms with Crippen molar-refractivity contribution in [3.8, 4) is 0 Å². The van der Waals surface area contributed by atoms with Crippen molar-refractivity contribution in [2.24, 2.45) is 5.92 Å². The van der Waals surface area contributed by atoms with E-state index in [0.717, 1.165) is 0 Å². The molecule has 72 valence electrons. The highest BCUT2D eigenvalue weighted by Gasteiger charge is 2.38. The van der Waals surface area contributed by atoms with Crippen LogP contribution in [0.5, 0.6) is 0 Å². The fraction of sp³-hybridized carbons (Fsp3) is 1.00. The van der Waals surface area contributed by atoms with Gasteiger partial charge >= 0.3 is 6.05 Å². The van der Waals surface area contributed by atoms with Crippen LogP contribution in [0, 0.1) is 5.92 Å². The van der Waals surface area contributed by atoms with E-state index in [-0.39, 0.29) is 6.54 Å². The molecule has 0 aromatic heterocycles. The number of nitrogens with zero attached hydrogens (tertiary/aromatic N) is 1. The highest BCUT2D eigenvalue weighted by molar-refractivity contribution is 4.78. The van der Waals surface area contributed by atoms with Crippen LogP contribution in [0.15, 0.2) is 0 Å². The van der Waals surface area contributed by atoms with Crippen LogP contribution in [-0.4, -0.2) is 37.1 Å². The molecule has 12 heavy (non-hydrogen) atoms. The summed E-state index contributed by atoms with van der Waals surface area (Å²) in [4.78, 5) is 1.26. The Balaban J connectivity index is 2.48. The van der Waals surface area contributed by atoms with Gasteiger partial charge in [-0.2, -0.15) is 8.78 Å². The molecule has 0 aliphatic carbocycles. The molecule has 1 heterocycles. The maximum atomic E-state index is 13.1. The van der Waals surface area contributed by atoms with Gasteiger partial charge in [0, 0.05) is 19.6 Å². The van der Waals surface area contributed by atoms with Gasteiger partial charge in [0.05, 0.1) is 6.54 Å². The van der Waals surface area contributed by atoms with Gasteiger partial charge in [-0.05, 0) is 5.92 Å². The van der Waals surface area contributed by atoms with E-state index in [9.17, 15) is 8.78 Å².